The van der Waals surface area contributed by atoms with E-state index in [1.165, 1.54) is 6.42 Å². The van der Waals surface area contributed by atoms with Crippen LogP contribution in [0, 0.1) is 5.92 Å². The second kappa shape index (κ2) is 9.17. The molecule has 0 aliphatic heterocycles. The van der Waals surface area contributed by atoms with Crippen LogP contribution in [0.25, 0.3) is 0 Å². The molecule has 0 amide bonds. The fourth-order valence-corrected chi connectivity index (χ4v) is 1.68. The van der Waals surface area contributed by atoms with Crippen LogP contribution in [0.1, 0.15) is 53.9 Å². The van der Waals surface area contributed by atoms with Crippen molar-refractivity contribution in [2.75, 3.05) is 13.2 Å². The summed E-state index contributed by atoms with van der Waals surface area (Å²) in [5, 5.41) is 3.50. The summed E-state index contributed by atoms with van der Waals surface area (Å²) in [6.07, 6.45) is 3.89. The number of nitrogens with one attached hydrogen (secondary N) is 1. The molecule has 2 nitrogen and oxygen atoms in total. The maximum Gasteiger partial charge on any atom is 0.0623 e. The number of hydrogen-bond acceptors (Lipinski definition) is 2. The Morgan fingerprint density at radius 1 is 1.13 bits per heavy atom. The molecule has 1 N–H and O–H groups in total. The van der Waals surface area contributed by atoms with Crippen LogP contribution >= 0.6 is 0 Å². The van der Waals surface area contributed by atoms with E-state index < -0.39 is 0 Å². The fraction of sp³-hybridized carbons (Fsp3) is 1.00. The zero-order chi connectivity index (χ0) is 11.7. The molecule has 0 fully saturated rings. The van der Waals surface area contributed by atoms with Gasteiger partial charge < -0.3 is 10.1 Å². The maximum atomic E-state index is 5.84. The standard InChI is InChI=1S/C13H29NO/c1-6-8-14-13(7-2)10-15-12(5)9-11(3)4/h11-14H,6-10H2,1-5H3. The van der Waals surface area contributed by atoms with Crippen molar-refractivity contribution >= 4 is 0 Å². The van der Waals surface area contributed by atoms with Crippen molar-refractivity contribution in [1.82, 2.24) is 5.32 Å². The topological polar surface area (TPSA) is 21.3 Å². The third-order valence-corrected chi connectivity index (χ3v) is 2.56. The molecule has 92 valence electrons. The monoisotopic (exact) mass is 215 g/mol. The highest BCUT2D eigenvalue weighted by atomic mass is 16.5. The Hall–Kier alpha value is -0.0800. The lowest BCUT2D eigenvalue weighted by Gasteiger charge is -2.21. The highest BCUT2D eigenvalue weighted by Crippen LogP contribution is 2.08. The molecule has 0 aromatic heterocycles. The summed E-state index contributed by atoms with van der Waals surface area (Å²) in [4.78, 5) is 0. The van der Waals surface area contributed by atoms with Crippen molar-refractivity contribution in [3.8, 4) is 0 Å². The summed E-state index contributed by atoms with van der Waals surface area (Å²) in [6.45, 7) is 13.0. The van der Waals surface area contributed by atoms with Crippen LogP contribution in [-0.2, 0) is 4.74 Å². The Morgan fingerprint density at radius 3 is 2.27 bits per heavy atom. The minimum atomic E-state index is 0.391. The molecule has 0 aromatic carbocycles. The van der Waals surface area contributed by atoms with Gasteiger partial charge >= 0.3 is 0 Å². The second-order valence-electron chi connectivity index (χ2n) is 4.83. The molecule has 2 unspecified atom stereocenters. The van der Waals surface area contributed by atoms with Crippen LogP contribution in [0.15, 0.2) is 0 Å². The Kier molecular flexibility index (Phi) is 9.12. The molecule has 2 heteroatoms. The number of hydrogen-bond donors (Lipinski definition) is 1. The lowest BCUT2D eigenvalue weighted by atomic mass is 10.1. The lowest BCUT2D eigenvalue weighted by molar-refractivity contribution is 0.0367. The zero-order valence-corrected chi connectivity index (χ0v) is 11.2. The molecule has 15 heavy (non-hydrogen) atoms. The van der Waals surface area contributed by atoms with E-state index in [0.717, 1.165) is 31.9 Å². The molecular weight excluding hydrogens is 186 g/mol. The quantitative estimate of drug-likeness (QED) is 0.637. The van der Waals surface area contributed by atoms with Gasteiger partial charge in [-0.3, -0.25) is 0 Å². The van der Waals surface area contributed by atoms with E-state index in [1.807, 2.05) is 0 Å². The third-order valence-electron chi connectivity index (χ3n) is 2.56. The van der Waals surface area contributed by atoms with E-state index in [-0.39, 0.29) is 0 Å². The van der Waals surface area contributed by atoms with Gasteiger partial charge in [-0.2, -0.15) is 0 Å². The van der Waals surface area contributed by atoms with Crippen molar-refractivity contribution in [3.63, 3.8) is 0 Å². The minimum Gasteiger partial charge on any atom is -0.377 e. The van der Waals surface area contributed by atoms with E-state index in [9.17, 15) is 0 Å². The van der Waals surface area contributed by atoms with E-state index in [4.69, 9.17) is 4.74 Å². The predicted octanol–water partition coefficient (Wildman–Crippen LogP) is 3.22. The van der Waals surface area contributed by atoms with Gasteiger partial charge in [0.05, 0.1) is 12.7 Å². The van der Waals surface area contributed by atoms with Gasteiger partial charge in [-0.25, -0.2) is 0 Å². The van der Waals surface area contributed by atoms with E-state index in [1.54, 1.807) is 0 Å². The molecule has 0 saturated heterocycles. The molecule has 0 rings (SSSR count). The van der Waals surface area contributed by atoms with Crippen molar-refractivity contribution in [2.45, 2.75) is 66.0 Å². The van der Waals surface area contributed by atoms with Crippen molar-refractivity contribution in [2.24, 2.45) is 5.92 Å². The Bertz CT molecular complexity index is 136. The van der Waals surface area contributed by atoms with Crippen LogP contribution in [0.3, 0.4) is 0 Å². The smallest absolute Gasteiger partial charge is 0.0623 e. The van der Waals surface area contributed by atoms with Gasteiger partial charge in [0.1, 0.15) is 0 Å². The van der Waals surface area contributed by atoms with Gasteiger partial charge in [0.2, 0.25) is 0 Å². The Morgan fingerprint density at radius 2 is 1.80 bits per heavy atom. The second-order valence-corrected chi connectivity index (χ2v) is 4.83. The Balaban J connectivity index is 3.60. The molecule has 2 atom stereocenters. The van der Waals surface area contributed by atoms with Crippen LogP contribution in [-0.4, -0.2) is 25.3 Å². The highest BCUT2D eigenvalue weighted by molar-refractivity contribution is 4.64. The minimum absolute atomic E-state index is 0.391. The predicted molar refractivity (Wildman–Crippen MR) is 67.2 cm³/mol. The summed E-state index contributed by atoms with van der Waals surface area (Å²) in [5.74, 6) is 0.726. The molecule has 0 spiro atoms. The first-order valence-corrected chi connectivity index (χ1v) is 6.45. The molecule has 0 aromatic rings. The molecule has 0 aliphatic carbocycles. The molecule has 0 aliphatic rings. The van der Waals surface area contributed by atoms with Gasteiger partial charge in [0, 0.05) is 6.04 Å². The normalized spacial score (nSPS) is 15.6. The maximum absolute atomic E-state index is 5.84. The van der Waals surface area contributed by atoms with E-state index in [2.05, 4.69) is 39.9 Å². The molecular formula is C13H29NO. The van der Waals surface area contributed by atoms with Crippen LogP contribution in [0.5, 0.6) is 0 Å². The van der Waals surface area contributed by atoms with Crippen molar-refractivity contribution in [1.29, 1.82) is 0 Å². The van der Waals surface area contributed by atoms with Gasteiger partial charge in [0.25, 0.3) is 0 Å². The van der Waals surface area contributed by atoms with Gasteiger partial charge in [0.15, 0.2) is 0 Å². The van der Waals surface area contributed by atoms with Crippen LogP contribution in [0.2, 0.25) is 0 Å². The van der Waals surface area contributed by atoms with E-state index in [0.29, 0.717) is 12.1 Å². The van der Waals surface area contributed by atoms with E-state index >= 15 is 0 Å². The summed E-state index contributed by atoms with van der Waals surface area (Å²) in [5.41, 5.74) is 0. The zero-order valence-electron chi connectivity index (χ0n) is 11.2. The first-order chi connectivity index (χ1) is 7.10. The fourth-order valence-electron chi connectivity index (χ4n) is 1.68. The van der Waals surface area contributed by atoms with Gasteiger partial charge in [-0.15, -0.1) is 0 Å². The largest absolute Gasteiger partial charge is 0.377 e. The van der Waals surface area contributed by atoms with Gasteiger partial charge in [-0.05, 0) is 38.6 Å². The van der Waals surface area contributed by atoms with Crippen LogP contribution in [0.4, 0.5) is 0 Å². The third kappa shape index (κ3) is 8.88. The highest BCUT2D eigenvalue weighted by Gasteiger charge is 2.09. The molecule has 0 heterocycles. The lowest BCUT2D eigenvalue weighted by Crippen LogP contribution is -2.34. The summed E-state index contributed by atoms with van der Waals surface area (Å²) < 4.78 is 5.84. The first kappa shape index (κ1) is 14.9. The number of ether oxygens (including phenoxy) is 1. The van der Waals surface area contributed by atoms with Gasteiger partial charge in [-0.1, -0.05) is 27.7 Å². The summed E-state index contributed by atoms with van der Waals surface area (Å²) >= 11 is 0. The van der Waals surface area contributed by atoms with Crippen molar-refractivity contribution in [3.05, 3.63) is 0 Å². The average Bonchev–Trinajstić information content (AvgIpc) is 2.17. The molecule has 0 bridgehead atoms. The van der Waals surface area contributed by atoms with Crippen molar-refractivity contribution < 1.29 is 4.74 Å². The molecule has 0 saturated carbocycles. The molecule has 0 radical (unpaired) electrons. The SMILES string of the molecule is CCCNC(CC)COC(C)CC(C)C. The average molecular weight is 215 g/mol. The summed E-state index contributed by atoms with van der Waals surface area (Å²) in [6, 6.07) is 0.527. The summed E-state index contributed by atoms with van der Waals surface area (Å²) in [7, 11) is 0. The van der Waals surface area contributed by atoms with Crippen LogP contribution < -0.4 is 5.32 Å². The first-order valence-electron chi connectivity index (χ1n) is 6.45. The number of rotatable bonds is 9. The Labute approximate surface area is 95.8 Å².